The maximum absolute atomic E-state index is 12.2. The van der Waals surface area contributed by atoms with Crippen molar-refractivity contribution in [3.8, 4) is 5.75 Å². The third-order valence-electron chi connectivity index (χ3n) is 3.46. The number of amides is 1. The van der Waals surface area contributed by atoms with E-state index in [1.807, 2.05) is 14.0 Å². The molecule has 3 heterocycles. The Hall–Kier alpha value is -2.67. The molecule has 0 atom stereocenters. The first kappa shape index (κ1) is 16.2. The van der Waals surface area contributed by atoms with E-state index in [-0.39, 0.29) is 5.91 Å². The quantitative estimate of drug-likeness (QED) is 0.716. The molecular weight excluding hydrogens is 330 g/mol. The molecule has 124 valence electrons. The first-order chi connectivity index (χ1) is 11.5. The van der Waals surface area contributed by atoms with E-state index >= 15 is 0 Å². The van der Waals surface area contributed by atoms with Crippen LogP contribution in [0.2, 0.25) is 5.02 Å². The molecule has 24 heavy (non-hydrogen) atoms. The van der Waals surface area contributed by atoms with Gasteiger partial charge in [0.05, 0.1) is 29.0 Å². The summed E-state index contributed by atoms with van der Waals surface area (Å²) in [5.74, 6) is 0.353. The van der Waals surface area contributed by atoms with Crippen LogP contribution >= 0.6 is 11.6 Å². The van der Waals surface area contributed by atoms with Gasteiger partial charge in [0.1, 0.15) is 12.4 Å². The van der Waals surface area contributed by atoms with Crippen LogP contribution in [0.1, 0.15) is 16.1 Å². The number of ether oxygens (including phenoxy) is 1. The maximum Gasteiger partial charge on any atom is 0.252 e. The number of rotatable bonds is 5. The summed E-state index contributed by atoms with van der Waals surface area (Å²) in [6.45, 7) is 2.56. The molecule has 0 aromatic carbocycles. The van der Waals surface area contributed by atoms with E-state index < -0.39 is 0 Å². The van der Waals surface area contributed by atoms with Crippen molar-refractivity contribution in [2.45, 2.75) is 6.92 Å². The monoisotopic (exact) mass is 345 g/mol. The lowest BCUT2D eigenvalue weighted by Crippen LogP contribution is -2.28. The Morgan fingerprint density at radius 3 is 2.96 bits per heavy atom. The second-order valence-electron chi connectivity index (χ2n) is 5.25. The molecule has 0 fully saturated rings. The first-order valence-electron chi connectivity index (χ1n) is 7.35. The topological polar surface area (TPSA) is 81.9 Å². The summed E-state index contributed by atoms with van der Waals surface area (Å²) in [6.07, 6.45) is 4.64. The molecule has 8 heteroatoms. The molecule has 3 aromatic heterocycles. The van der Waals surface area contributed by atoms with Gasteiger partial charge in [0.2, 0.25) is 0 Å². The van der Waals surface area contributed by atoms with Crippen molar-refractivity contribution in [2.24, 2.45) is 7.05 Å². The van der Waals surface area contributed by atoms with Gasteiger partial charge in [-0.05, 0) is 13.0 Å². The number of nitrogens with one attached hydrogen (secondary N) is 1. The normalized spacial score (nSPS) is 10.8. The third-order valence-corrected chi connectivity index (χ3v) is 3.67. The highest BCUT2D eigenvalue weighted by molar-refractivity contribution is 6.30. The summed E-state index contributed by atoms with van der Waals surface area (Å²) < 4.78 is 7.17. The minimum Gasteiger partial charge on any atom is -0.490 e. The van der Waals surface area contributed by atoms with E-state index in [1.165, 1.54) is 6.20 Å². The van der Waals surface area contributed by atoms with Crippen LogP contribution in [0.15, 0.2) is 30.7 Å². The molecule has 1 N–H and O–H groups in total. The highest BCUT2D eigenvalue weighted by atomic mass is 35.5. The van der Waals surface area contributed by atoms with Crippen LogP contribution in [0.4, 0.5) is 0 Å². The highest BCUT2D eigenvalue weighted by Crippen LogP contribution is 2.16. The molecule has 0 radical (unpaired) electrons. The molecule has 3 rings (SSSR count). The molecule has 0 saturated carbocycles. The van der Waals surface area contributed by atoms with Gasteiger partial charge in [-0.15, -0.1) is 0 Å². The fraction of sp³-hybridized carbons (Fsp3) is 0.250. The van der Waals surface area contributed by atoms with Crippen molar-refractivity contribution < 1.29 is 9.53 Å². The van der Waals surface area contributed by atoms with Gasteiger partial charge in [0, 0.05) is 30.9 Å². The molecule has 0 aliphatic rings. The number of carbonyl (C=O) groups excluding carboxylic acids is 1. The Morgan fingerprint density at radius 1 is 1.33 bits per heavy atom. The van der Waals surface area contributed by atoms with Crippen molar-refractivity contribution in [3.05, 3.63) is 47.0 Å². The molecule has 0 saturated heterocycles. The first-order valence-corrected chi connectivity index (χ1v) is 7.73. The van der Waals surface area contributed by atoms with Crippen LogP contribution in [-0.4, -0.2) is 38.8 Å². The standard InChI is InChI=1S/C16H16ClN5O2/c1-10-14-5-11(7-20-15(14)22(2)21-10)16(23)19-3-4-24-13-6-12(17)8-18-9-13/h5-9H,3-4H2,1-2H3,(H,19,23). The fourth-order valence-corrected chi connectivity index (χ4v) is 2.50. The molecule has 3 aromatic rings. The van der Waals surface area contributed by atoms with E-state index in [1.54, 1.807) is 29.2 Å². The van der Waals surface area contributed by atoms with Crippen LogP contribution in [0.3, 0.4) is 0 Å². The van der Waals surface area contributed by atoms with Gasteiger partial charge in [-0.1, -0.05) is 11.6 Å². The van der Waals surface area contributed by atoms with Gasteiger partial charge in [-0.3, -0.25) is 14.5 Å². The van der Waals surface area contributed by atoms with Gasteiger partial charge in [-0.25, -0.2) is 4.98 Å². The Labute approximate surface area is 143 Å². The molecule has 0 bridgehead atoms. The molecule has 0 spiro atoms. The van der Waals surface area contributed by atoms with Gasteiger partial charge in [-0.2, -0.15) is 5.10 Å². The van der Waals surface area contributed by atoms with Crippen molar-refractivity contribution in [1.29, 1.82) is 0 Å². The number of fused-ring (bicyclic) bond motifs is 1. The molecule has 0 aliphatic carbocycles. The lowest BCUT2D eigenvalue weighted by molar-refractivity contribution is 0.0947. The summed E-state index contributed by atoms with van der Waals surface area (Å²) in [6, 6.07) is 3.46. The Bertz CT molecular complexity index is 893. The number of pyridine rings is 2. The largest absolute Gasteiger partial charge is 0.490 e. The molecule has 0 unspecified atom stereocenters. The predicted octanol–water partition coefficient (Wildman–Crippen LogP) is 2.13. The van der Waals surface area contributed by atoms with Crippen LogP contribution in [-0.2, 0) is 7.05 Å². The Balaban J connectivity index is 1.58. The number of carbonyl (C=O) groups is 1. The smallest absolute Gasteiger partial charge is 0.252 e. The highest BCUT2D eigenvalue weighted by Gasteiger charge is 2.11. The molecular formula is C16H16ClN5O2. The van der Waals surface area contributed by atoms with E-state index in [4.69, 9.17) is 16.3 Å². The van der Waals surface area contributed by atoms with Crippen molar-refractivity contribution >= 4 is 28.5 Å². The van der Waals surface area contributed by atoms with Gasteiger partial charge in [0.25, 0.3) is 5.91 Å². The average Bonchev–Trinajstić information content (AvgIpc) is 2.85. The van der Waals surface area contributed by atoms with Crippen LogP contribution in [0.5, 0.6) is 5.75 Å². The molecule has 0 aliphatic heterocycles. The second kappa shape index (κ2) is 6.84. The van der Waals surface area contributed by atoms with Gasteiger partial charge < -0.3 is 10.1 Å². The number of nitrogens with zero attached hydrogens (tertiary/aromatic N) is 4. The minimum absolute atomic E-state index is 0.208. The summed E-state index contributed by atoms with van der Waals surface area (Å²) in [5.41, 5.74) is 2.08. The zero-order chi connectivity index (χ0) is 17.1. The van der Waals surface area contributed by atoms with E-state index in [0.29, 0.717) is 29.5 Å². The Morgan fingerprint density at radius 2 is 2.17 bits per heavy atom. The summed E-state index contributed by atoms with van der Waals surface area (Å²) in [5, 5.41) is 8.45. The van der Waals surface area contributed by atoms with E-state index in [0.717, 1.165) is 16.7 Å². The lowest BCUT2D eigenvalue weighted by Gasteiger charge is -2.07. The summed E-state index contributed by atoms with van der Waals surface area (Å²) >= 11 is 5.82. The second-order valence-corrected chi connectivity index (χ2v) is 5.68. The molecule has 7 nitrogen and oxygen atoms in total. The third kappa shape index (κ3) is 3.46. The van der Waals surface area contributed by atoms with Crippen molar-refractivity contribution in [3.63, 3.8) is 0 Å². The van der Waals surface area contributed by atoms with Gasteiger partial charge >= 0.3 is 0 Å². The van der Waals surface area contributed by atoms with Crippen molar-refractivity contribution in [2.75, 3.05) is 13.2 Å². The molecule has 1 amide bonds. The average molecular weight is 346 g/mol. The number of aromatic nitrogens is 4. The van der Waals surface area contributed by atoms with Crippen LogP contribution in [0, 0.1) is 6.92 Å². The number of hydrogen-bond acceptors (Lipinski definition) is 5. The van der Waals surface area contributed by atoms with Crippen molar-refractivity contribution in [1.82, 2.24) is 25.1 Å². The maximum atomic E-state index is 12.2. The van der Waals surface area contributed by atoms with Crippen LogP contribution in [0.25, 0.3) is 11.0 Å². The van der Waals surface area contributed by atoms with E-state index in [2.05, 4.69) is 20.4 Å². The summed E-state index contributed by atoms with van der Waals surface area (Å²) in [4.78, 5) is 20.4. The zero-order valence-electron chi connectivity index (χ0n) is 13.3. The lowest BCUT2D eigenvalue weighted by atomic mass is 10.2. The SMILES string of the molecule is Cc1nn(C)c2ncc(C(=O)NCCOc3cncc(Cl)c3)cc12. The number of halogens is 1. The van der Waals surface area contributed by atoms with E-state index in [9.17, 15) is 4.79 Å². The minimum atomic E-state index is -0.208. The van der Waals surface area contributed by atoms with Gasteiger partial charge in [0.15, 0.2) is 5.65 Å². The predicted molar refractivity (Wildman–Crippen MR) is 90.3 cm³/mol. The zero-order valence-corrected chi connectivity index (χ0v) is 14.0. The fourth-order valence-electron chi connectivity index (χ4n) is 2.34. The number of hydrogen-bond donors (Lipinski definition) is 1. The summed E-state index contributed by atoms with van der Waals surface area (Å²) in [7, 11) is 1.82. The number of aryl methyl sites for hydroxylation is 2. The van der Waals surface area contributed by atoms with Crippen LogP contribution < -0.4 is 10.1 Å². The Kier molecular flexibility index (Phi) is 4.61.